The molecule has 0 amide bonds. The van der Waals surface area contributed by atoms with Crippen LogP contribution in [0.1, 0.15) is 11.1 Å². The fourth-order valence-corrected chi connectivity index (χ4v) is 1.98. The van der Waals surface area contributed by atoms with E-state index in [9.17, 15) is 0 Å². The van der Waals surface area contributed by atoms with Gasteiger partial charge in [0.05, 0.1) is 17.8 Å². The van der Waals surface area contributed by atoms with E-state index in [0.29, 0.717) is 16.6 Å². The zero-order valence-electron chi connectivity index (χ0n) is 10.5. The molecule has 5 heteroatoms. The summed E-state index contributed by atoms with van der Waals surface area (Å²) in [6.45, 7) is 4.04. The molecule has 1 aromatic carbocycles. The molecular weight excluding hydrogens is 250 g/mol. The summed E-state index contributed by atoms with van der Waals surface area (Å²) in [5, 5.41) is 0.637. The minimum absolute atomic E-state index is 0.165. The van der Waals surface area contributed by atoms with E-state index < -0.39 is 0 Å². The quantitative estimate of drug-likeness (QED) is 0.905. The fourth-order valence-electron chi connectivity index (χ4n) is 1.66. The van der Waals surface area contributed by atoms with Crippen LogP contribution in [0.25, 0.3) is 11.3 Å². The van der Waals surface area contributed by atoms with Crippen molar-refractivity contribution in [2.75, 3.05) is 12.8 Å². The normalized spacial score (nSPS) is 10.4. The second kappa shape index (κ2) is 4.82. The van der Waals surface area contributed by atoms with Crippen LogP contribution in [0.4, 0.5) is 5.95 Å². The van der Waals surface area contributed by atoms with Gasteiger partial charge in [-0.25, -0.2) is 4.98 Å². The highest BCUT2D eigenvalue weighted by Gasteiger charge is 2.10. The van der Waals surface area contributed by atoms with Crippen LogP contribution in [0.5, 0.6) is 5.88 Å². The Kier molecular flexibility index (Phi) is 3.39. The van der Waals surface area contributed by atoms with Crippen molar-refractivity contribution in [2.24, 2.45) is 0 Å². The van der Waals surface area contributed by atoms with E-state index in [-0.39, 0.29) is 5.95 Å². The second-order valence-corrected chi connectivity index (χ2v) is 4.48. The average Bonchev–Trinajstić information content (AvgIpc) is 2.33. The van der Waals surface area contributed by atoms with E-state index in [2.05, 4.69) is 9.97 Å². The molecule has 0 unspecified atom stereocenters. The molecule has 1 aromatic heterocycles. The van der Waals surface area contributed by atoms with Crippen LogP contribution in [-0.2, 0) is 0 Å². The summed E-state index contributed by atoms with van der Waals surface area (Å²) < 4.78 is 5.08. The SMILES string of the molecule is COc1cc(-c2cc(C)c(C)cc2Cl)nc(N)n1. The molecule has 0 aliphatic heterocycles. The zero-order valence-corrected chi connectivity index (χ0v) is 11.2. The summed E-state index contributed by atoms with van der Waals surface area (Å²) in [6.07, 6.45) is 0. The van der Waals surface area contributed by atoms with Crippen LogP contribution in [0.2, 0.25) is 5.02 Å². The zero-order chi connectivity index (χ0) is 13.3. The highest BCUT2D eigenvalue weighted by molar-refractivity contribution is 6.33. The molecule has 18 heavy (non-hydrogen) atoms. The molecule has 0 spiro atoms. The molecule has 0 fully saturated rings. The number of aromatic nitrogens is 2. The molecule has 0 radical (unpaired) electrons. The lowest BCUT2D eigenvalue weighted by molar-refractivity contribution is 0.398. The first-order valence-corrected chi connectivity index (χ1v) is 5.84. The van der Waals surface area contributed by atoms with Crippen molar-refractivity contribution in [1.82, 2.24) is 9.97 Å². The number of benzene rings is 1. The minimum atomic E-state index is 0.165. The van der Waals surface area contributed by atoms with Crippen LogP contribution in [0.15, 0.2) is 18.2 Å². The lowest BCUT2D eigenvalue weighted by Gasteiger charge is -2.09. The number of methoxy groups -OCH3 is 1. The summed E-state index contributed by atoms with van der Waals surface area (Å²) in [5.74, 6) is 0.588. The third kappa shape index (κ3) is 2.38. The number of halogens is 1. The van der Waals surface area contributed by atoms with E-state index in [1.165, 1.54) is 7.11 Å². The van der Waals surface area contributed by atoms with Crippen molar-refractivity contribution in [3.63, 3.8) is 0 Å². The molecular formula is C13H14ClN3O. The topological polar surface area (TPSA) is 61.0 Å². The number of rotatable bonds is 2. The summed E-state index contributed by atoms with van der Waals surface area (Å²) in [4.78, 5) is 8.13. The molecule has 1 heterocycles. The molecule has 0 aliphatic rings. The minimum Gasteiger partial charge on any atom is -0.481 e. The first-order chi connectivity index (χ1) is 8.51. The van der Waals surface area contributed by atoms with Crippen molar-refractivity contribution >= 4 is 17.5 Å². The van der Waals surface area contributed by atoms with Crippen molar-refractivity contribution in [3.05, 3.63) is 34.3 Å². The van der Waals surface area contributed by atoms with Gasteiger partial charge >= 0.3 is 0 Å². The number of anilines is 1. The van der Waals surface area contributed by atoms with Crippen LogP contribution in [-0.4, -0.2) is 17.1 Å². The molecule has 0 saturated carbocycles. The number of nitrogens with zero attached hydrogens (tertiary/aromatic N) is 2. The van der Waals surface area contributed by atoms with Crippen LogP contribution < -0.4 is 10.5 Å². The lowest BCUT2D eigenvalue weighted by Crippen LogP contribution is -1.99. The van der Waals surface area contributed by atoms with Gasteiger partial charge in [0.2, 0.25) is 11.8 Å². The van der Waals surface area contributed by atoms with Crippen molar-refractivity contribution in [3.8, 4) is 17.1 Å². The van der Waals surface area contributed by atoms with E-state index in [1.54, 1.807) is 6.07 Å². The van der Waals surface area contributed by atoms with Crippen LogP contribution in [0, 0.1) is 13.8 Å². The summed E-state index contributed by atoms with van der Waals surface area (Å²) in [7, 11) is 1.54. The molecule has 2 rings (SSSR count). The van der Waals surface area contributed by atoms with Crippen LogP contribution in [0.3, 0.4) is 0 Å². The molecule has 0 bridgehead atoms. The van der Waals surface area contributed by atoms with Gasteiger partial charge in [-0.05, 0) is 37.1 Å². The molecule has 2 aromatic rings. The third-order valence-electron chi connectivity index (χ3n) is 2.79. The predicted molar refractivity (Wildman–Crippen MR) is 72.9 cm³/mol. The van der Waals surface area contributed by atoms with Gasteiger partial charge in [0.25, 0.3) is 0 Å². The Bertz CT molecular complexity index is 599. The number of nitrogen functional groups attached to an aromatic ring is 1. The van der Waals surface area contributed by atoms with Gasteiger partial charge in [-0.1, -0.05) is 11.6 Å². The van der Waals surface area contributed by atoms with E-state index in [0.717, 1.165) is 16.7 Å². The summed E-state index contributed by atoms with van der Waals surface area (Å²) in [5.41, 5.74) is 9.41. The standard InChI is InChI=1S/C13H14ClN3O/c1-7-4-9(10(14)5-8(7)2)11-6-12(18-3)17-13(15)16-11/h4-6H,1-3H3,(H2,15,16,17). The van der Waals surface area contributed by atoms with Gasteiger partial charge in [0, 0.05) is 11.6 Å². The Morgan fingerprint density at radius 3 is 2.44 bits per heavy atom. The maximum Gasteiger partial charge on any atom is 0.223 e. The first-order valence-electron chi connectivity index (χ1n) is 5.47. The Morgan fingerprint density at radius 2 is 1.78 bits per heavy atom. The summed E-state index contributed by atoms with van der Waals surface area (Å²) in [6, 6.07) is 5.61. The van der Waals surface area contributed by atoms with Crippen LogP contribution >= 0.6 is 11.6 Å². The van der Waals surface area contributed by atoms with E-state index >= 15 is 0 Å². The van der Waals surface area contributed by atoms with Gasteiger partial charge in [-0.2, -0.15) is 4.98 Å². The van der Waals surface area contributed by atoms with Crippen molar-refractivity contribution in [2.45, 2.75) is 13.8 Å². The maximum absolute atomic E-state index is 6.24. The largest absolute Gasteiger partial charge is 0.481 e. The molecule has 0 aliphatic carbocycles. The number of hydrogen-bond acceptors (Lipinski definition) is 4. The Balaban J connectivity index is 2.61. The monoisotopic (exact) mass is 263 g/mol. The Morgan fingerprint density at radius 1 is 1.11 bits per heavy atom. The third-order valence-corrected chi connectivity index (χ3v) is 3.10. The molecule has 0 atom stereocenters. The lowest BCUT2D eigenvalue weighted by atomic mass is 10.0. The highest BCUT2D eigenvalue weighted by Crippen LogP contribution is 2.31. The Hall–Kier alpha value is -1.81. The molecule has 4 nitrogen and oxygen atoms in total. The second-order valence-electron chi connectivity index (χ2n) is 4.07. The van der Waals surface area contributed by atoms with Crippen molar-refractivity contribution in [1.29, 1.82) is 0 Å². The maximum atomic E-state index is 6.24. The van der Waals surface area contributed by atoms with Gasteiger partial charge in [0.1, 0.15) is 0 Å². The molecule has 94 valence electrons. The van der Waals surface area contributed by atoms with E-state index in [4.69, 9.17) is 22.1 Å². The molecule has 2 N–H and O–H groups in total. The van der Waals surface area contributed by atoms with Gasteiger partial charge in [-0.3, -0.25) is 0 Å². The summed E-state index contributed by atoms with van der Waals surface area (Å²) >= 11 is 6.24. The fraction of sp³-hybridized carbons (Fsp3) is 0.231. The highest BCUT2D eigenvalue weighted by atomic mass is 35.5. The Labute approximate surface area is 111 Å². The number of aryl methyl sites for hydroxylation is 2. The molecule has 0 saturated heterocycles. The average molecular weight is 264 g/mol. The van der Waals surface area contributed by atoms with Gasteiger partial charge < -0.3 is 10.5 Å². The smallest absolute Gasteiger partial charge is 0.223 e. The number of nitrogens with two attached hydrogens (primary N) is 1. The van der Waals surface area contributed by atoms with Gasteiger partial charge in [0.15, 0.2) is 0 Å². The van der Waals surface area contributed by atoms with Gasteiger partial charge in [-0.15, -0.1) is 0 Å². The first kappa shape index (κ1) is 12.6. The number of ether oxygens (including phenoxy) is 1. The van der Waals surface area contributed by atoms with Crippen molar-refractivity contribution < 1.29 is 4.74 Å². The number of hydrogen-bond donors (Lipinski definition) is 1. The predicted octanol–water partition coefficient (Wildman–Crippen LogP) is 3.00. The van der Waals surface area contributed by atoms with E-state index in [1.807, 2.05) is 26.0 Å².